The van der Waals surface area contributed by atoms with Gasteiger partial charge in [0, 0.05) is 31.7 Å². The summed E-state index contributed by atoms with van der Waals surface area (Å²) in [5.74, 6) is 1.05. The molecule has 0 aromatic heterocycles. The molecule has 120 valence electrons. The van der Waals surface area contributed by atoms with E-state index in [0.29, 0.717) is 18.8 Å². The zero-order valence-corrected chi connectivity index (χ0v) is 13.5. The number of ether oxygens (including phenoxy) is 1. The third kappa shape index (κ3) is 6.33. The number of aliphatic hydroxyl groups excluding tert-OH is 1. The number of aromatic hydroxyl groups is 1. The largest absolute Gasteiger partial charge is 0.508 e. The predicted octanol–water partition coefficient (Wildman–Crippen LogP) is 1.54. The van der Waals surface area contributed by atoms with Gasteiger partial charge >= 0.3 is 0 Å². The zero-order valence-electron chi connectivity index (χ0n) is 13.5. The van der Waals surface area contributed by atoms with E-state index >= 15 is 0 Å². The molecule has 0 fully saturated rings. The Labute approximate surface area is 127 Å². The van der Waals surface area contributed by atoms with Crippen molar-refractivity contribution in [3.8, 4) is 11.5 Å². The fourth-order valence-corrected chi connectivity index (χ4v) is 2.26. The summed E-state index contributed by atoms with van der Waals surface area (Å²) in [6.45, 7) is 7.91. The van der Waals surface area contributed by atoms with Gasteiger partial charge in [-0.1, -0.05) is 6.92 Å². The smallest absolute Gasteiger partial charge is 0.120 e. The van der Waals surface area contributed by atoms with Gasteiger partial charge in [-0.15, -0.1) is 0 Å². The molecule has 1 atom stereocenters. The maximum Gasteiger partial charge on any atom is 0.120 e. The fraction of sp³-hybridized carbons (Fsp3) is 0.625. The molecule has 0 amide bonds. The molecule has 0 aliphatic carbocycles. The van der Waals surface area contributed by atoms with E-state index in [1.165, 1.54) is 0 Å². The molecule has 0 spiro atoms. The van der Waals surface area contributed by atoms with E-state index in [9.17, 15) is 10.2 Å². The minimum absolute atomic E-state index is 0.298. The molecule has 0 saturated heterocycles. The van der Waals surface area contributed by atoms with Crippen molar-refractivity contribution in [3.63, 3.8) is 0 Å². The van der Waals surface area contributed by atoms with Crippen LogP contribution in [0.2, 0.25) is 0 Å². The maximum atomic E-state index is 9.95. The predicted molar refractivity (Wildman–Crippen MR) is 84.8 cm³/mol. The fourth-order valence-electron chi connectivity index (χ4n) is 2.26. The molecule has 0 unspecified atom stereocenters. The number of methoxy groups -OCH3 is 1. The molecule has 0 saturated carbocycles. The van der Waals surface area contributed by atoms with E-state index < -0.39 is 0 Å². The minimum atomic E-state index is -0.312. The Balaban J connectivity index is 2.57. The highest BCUT2D eigenvalue weighted by Gasteiger charge is 2.10. The van der Waals surface area contributed by atoms with E-state index in [1.807, 2.05) is 13.1 Å². The molecule has 2 N–H and O–H groups in total. The molecule has 5 heteroatoms. The first-order valence-corrected chi connectivity index (χ1v) is 7.41. The lowest BCUT2D eigenvalue weighted by Crippen LogP contribution is -2.35. The third-order valence-electron chi connectivity index (χ3n) is 3.50. The van der Waals surface area contributed by atoms with Gasteiger partial charge in [0.25, 0.3) is 0 Å². The van der Waals surface area contributed by atoms with Crippen LogP contribution >= 0.6 is 0 Å². The van der Waals surface area contributed by atoms with Crippen molar-refractivity contribution in [2.45, 2.75) is 26.5 Å². The molecule has 0 aliphatic heterocycles. The van der Waals surface area contributed by atoms with Gasteiger partial charge < -0.3 is 19.8 Å². The Morgan fingerprint density at radius 2 is 2.00 bits per heavy atom. The second kappa shape index (κ2) is 8.87. The maximum absolute atomic E-state index is 9.95. The highest BCUT2D eigenvalue weighted by atomic mass is 16.5. The lowest BCUT2D eigenvalue weighted by atomic mass is 10.1. The molecular weight excluding hydrogens is 268 g/mol. The van der Waals surface area contributed by atoms with Crippen molar-refractivity contribution >= 4 is 0 Å². The van der Waals surface area contributed by atoms with E-state index in [-0.39, 0.29) is 6.10 Å². The van der Waals surface area contributed by atoms with Gasteiger partial charge in [0.05, 0.1) is 13.2 Å². The standard InChI is InChI=1S/C16H28N2O3/c1-5-18(9-8-17(3)11-13(2)19)12-14-10-15(21-4)6-7-16(14)20/h6-7,10,13,19-20H,5,8-9,11-12H2,1-4H3/t13-/m0/s1. The van der Waals surface area contributed by atoms with Gasteiger partial charge in [-0.3, -0.25) is 4.90 Å². The van der Waals surface area contributed by atoms with Crippen LogP contribution in [-0.2, 0) is 6.54 Å². The number of hydrogen-bond donors (Lipinski definition) is 2. The number of hydrogen-bond acceptors (Lipinski definition) is 5. The number of aliphatic hydroxyl groups is 1. The summed E-state index contributed by atoms with van der Waals surface area (Å²) in [7, 11) is 3.63. The molecule has 1 aromatic carbocycles. The Morgan fingerprint density at radius 1 is 1.29 bits per heavy atom. The van der Waals surface area contributed by atoms with Crippen LogP contribution in [0.5, 0.6) is 11.5 Å². The second-order valence-corrected chi connectivity index (χ2v) is 5.47. The first-order valence-electron chi connectivity index (χ1n) is 7.41. The Kier molecular flexibility index (Phi) is 7.50. The average molecular weight is 296 g/mol. The van der Waals surface area contributed by atoms with Crippen molar-refractivity contribution in [1.29, 1.82) is 0 Å². The van der Waals surface area contributed by atoms with Crippen LogP contribution in [0.25, 0.3) is 0 Å². The van der Waals surface area contributed by atoms with E-state index in [4.69, 9.17) is 4.74 Å². The van der Waals surface area contributed by atoms with E-state index in [2.05, 4.69) is 16.7 Å². The van der Waals surface area contributed by atoms with Crippen molar-refractivity contribution in [2.75, 3.05) is 40.3 Å². The Bertz CT molecular complexity index is 424. The van der Waals surface area contributed by atoms with Crippen molar-refractivity contribution in [3.05, 3.63) is 23.8 Å². The number of likely N-dealkylation sites (N-methyl/N-ethyl adjacent to an activating group) is 2. The number of rotatable bonds is 9. The van der Waals surface area contributed by atoms with Crippen LogP contribution in [0.4, 0.5) is 0 Å². The van der Waals surface area contributed by atoms with Crippen molar-refractivity contribution < 1.29 is 14.9 Å². The molecule has 0 aliphatic rings. The molecule has 0 heterocycles. The lowest BCUT2D eigenvalue weighted by molar-refractivity contribution is 0.131. The Morgan fingerprint density at radius 3 is 2.57 bits per heavy atom. The lowest BCUT2D eigenvalue weighted by Gasteiger charge is -2.25. The number of nitrogens with zero attached hydrogens (tertiary/aromatic N) is 2. The summed E-state index contributed by atoms with van der Waals surface area (Å²) in [4.78, 5) is 4.37. The number of benzene rings is 1. The second-order valence-electron chi connectivity index (χ2n) is 5.47. The molecule has 0 radical (unpaired) electrons. The highest BCUT2D eigenvalue weighted by Crippen LogP contribution is 2.24. The average Bonchev–Trinajstić information content (AvgIpc) is 2.44. The molecule has 1 rings (SSSR count). The van der Waals surface area contributed by atoms with Gasteiger partial charge in [-0.2, -0.15) is 0 Å². The van der Waals surface area contributed by atoms with Gasteiger partial charge in [-0.25, -0.2) is 0 Å². The van der Waals surface area contributed by atoms with Crippen LogP contribution in [-0.4, -0.2) is 66.5 Å². The molecule has 21 heavy (non-hydrogen) atoms. The minimum Gasteiger partial charge on any atom is -0.508 e. The van der Waals surface area contributed by atoms with Gasteiger partial charge in [0.1, 0.15) is 11.5 Å². The van der Waals surface area contributed by atoms with Crippen LogP contribution < -0.4 is 4.74 Å². The van der Waals surface area contributed by atoms with E-state index in [0.717, 1.165) is 30.9 Å². The summed E-state index contributed by atoms with van der Waals surface area (Å²) in [6.07, 6.45) is -0.312. The Hall–Kier alpha value is -1.30. The van der Waals surface area contributed by atoms with E-state index in [1.54, 1.807) is 26.2 Å². The SMILES string of the molecule is CCN(CCN(C)C[C@H](C)O)Cc1cc(OC)ccc1O. The highest BCUT2D eigenvalue weighted by molar-refractivity contribution is 5.39. The van der Waals surface area contributed by atoms with Crippen LogP contribution in [0.15, 0.2) is 18.2 Å². The summed E-state index contributed by atoms with van der Waals surface area (Å²) in [6, 6.07) is 5.30. The molecular formula is C16H28N2O3. The molecule has 5 nitrogen and oxygen atoms in total. The monoisotopic (exact) mass is 296 g/mol. The van der Waals surface area contributed by atoms with Crippen LogP contribution in [0.3, 0.4) is 0 Å². The summed E-state index contributed by atoms with van der Waals surface area (Å²) in [5, 5.41) is 19.3. The quantitative estimate of drug-likeness (QED) is 0.724. The van der Waals surface area contributed by atoms with Crippen molar-refractivity contribution in [2.24, 2.45) is 0 Å². The zero-order chi connectivity index (χ0) is 15.8. The van der Waals surface area contributed by atoms with Gasteiger partial charge in [0.2, 0.25) is 0 Å². The van der Waals surface area contributed by atoms with Crippen molar-refractivity contribution in [1.82, 2.24) is 9.80 Å². The van der Waals surface area contributed by atoms with Gasteiger partial charge in [0.15, 0.2) is 0 Å². The van der Waals surface area contributed by atoms with Gasteiger partial charge in [-0.05, 0) is 38.7 Å². The molecule has 1 aromatic rings. The number of phenolic OH excluding ortho intramolecular Hbond substituents is 1. The first-order chi connectivity index (χ1) is 9.96. The summed E-state index contributed by atoms with van der Waals surface area (Å²) >= 11 is 0. The summed E-state index contributed by atoms with van der Waals surface area (Å²) in [5.41, 5.74) is 0.870. The normalized spacial score (nSPS) is 12.9. The third-order valence-corrected chi connectivity index (χ3v) is 3.50. The molecule has 0 bridgehead atoms. The number of phenols is 1. The topological polar surface area (TPSA) is 56.2 Å². The van der Waals surface area contributed by atoms with Crippen LogP contribution in [0, 0.1) is 0 Å². The summed E-state index contributed by atoms with van der Waals surface area (Å²) < 4.78 is 5.20. The van der Waals surface area contributed by atoms with Crippen LogP contribution in [0.1, 0.15) is 19.4 Å². The first kappa shape index (κ1) is 17.8.